The molecule has 110 valence electrons. The van der Waals surface area contributed by atoms with Crippen molar-refractivity contribution in [1.29, 1.82) is 0 Å². The van der Waals surface area contributed by atoms with Crippen LogP contribution in [-0.4, -0.2) is 37.3 Å². The Balaban J connectivity index is 2.01. The highest BCUT2D eigenvalue weighted by atomic mass is 16.5. The number of amides is 1. The number of anilines is 1. The molecule has 3 rings (SSSR count). The van der Waals surface area contributed by atoms with Crippen molar-refractivity contribution < 1.29 is 14.3 Å². The summed E-state index contributed by atoms with van der Waals surface area (Å²) in [6.45, 7) is 2.36. The molecule has 0 aromatic heterocycles. The van der Waals surface area contributed by atoms with E-state index < -0.39 is 17.4 Å². The van der Waals surface area contributed by atoms with Crippen LogP contribution in [0.5, 0.6) is 0 Å². The van der Waals surface area contributed by atoms with Gasteiger partial charge in [-0.05, 0) is 19.1 Å². The molecule has 6 nitrogen and oxygen atoms in total. The minimum Gasteiger partial charge on any atom is -0.468 e. The first-order valence-electron chi connectivity index (χ1n) is 6.88. The quantitative estimate of drug-likeness (QED) is 0.821. The molecule has 2 heterocycles. The van der Waals surface area contributed by atoms with E-state index in [2.05, 4.69) is 10.4 Å². The molecule has 1 N–H and O–H groups in total. The Morgan fingerprint density at radius 3 is 2.81 bits per heavy atom. The van der Waals surface area contributed by atoms with Gasteiger partial charge in [0.05, 0.1) is 18.5 Å². The van der Waals surface area contributed by atoms with Crippen molar-refractivity contribution >= 4 is 23.3 Å². The average Bonchev–Trinajstić information content (AvgIpc) is 2.79. The summed E-state index contributed by atoms with van der Waals surface area (Å²) in [6, 6.07) is 8.53. The minimum atomic E-state index is -0.985. The van der Waals surface area contributed by atoms with Crippen LogP contribution in [0.1, 0.15) is 13.3 Å². The Hall–Kier alpha value is -2.21. The molecule has 0 aliphatic carbocycles. The molecule has 21 heavy (non-hydrogen) atoms. The smallest absolute Gasteiger partial charge is 0.324 e. The highest BCUT2D eigenvalue weighted by Crippen LogP contribution is 2.38. The Labute approximate surface area is 122 Å². The van der Waals surface area contributed by atoms with E-state index in [9.17, 15) is 9.59 Å². The fourth-order valence-corrected chi connectivity index (χ4v) is 2.93. The predicted molar refractivity (Wildman–Crippen MR) is 77.9 cm³/mol. The summed E-state index contributed by atoms with van der Waals surface area (Å²) in [4.78, 5) is 24.8. The number of methoxy groups -OCH3 is 1. The number of carbonyl (C=O) groups excluding carboxylic acids is 2. The highest BCUT2D eigenvalue weighted by Gasteiger charge is 2.57. The van der Waals surface area contributed by atoms with E-state index in [0.717, 1.165) is 5.71 Å². The lowest BCUT2D eigenvalue weighted by atomic mass is 9.74. The van der Waals surface area contributed by atoms with Crippen LogP contribution in [0, 0.1) is 5.41 Å². The molecule has 0 radical (unpaired) electrons. The lowest BCUT2D eigenvalue weighted by molar-refractivity contribution is -0.148. The standard InChI is InChI=1S/C15H17N3O3/c1-15-11(8-9-16-12(15)13(19)21-2)17-18(14(15)20)10-6-4-3-5-7-10/h3-7,12,16H,8-9H2,1-2H3. The van der Waals surface area contributed by atoms with Gasteiger partial charge in [0.2, 0.25) is 0 Å². The summed E-state index contributed by atoms with van der Waals surface area (Å²) >= 11 is 0. The topological polar surface area (TPSA) is 71.0 Å². The largest absolute Gasteiger partial charge is 0.468 e. The molecule has 2 atom stereocenters. The first kappa shape index (κ1) is 13.8. The molecule has 2 aliphatic heterocycles. The Kier molecular flexibility index (Phi) is 3.25. The molecule has 0 saturated carbocycles. The van der Waals surface area contributed by atoms with E-state index in [4.69, 9.17) is 4.74 Å². The molecular formula is C15H17N3O3. The summed E-state index contributed by atoms with van der Waals surface area (Å²) in [6.07, 6.45) is 0.638. The van der Waals surface area contributed by atoms with E-state index in [0.29, 0.717) is 18.7 Å². The van der Waals surface area contributed by atoms with E-state index in [1.807, 2.05) is 30.3 Å². The van der Waals surface area contributed by atoms with Gasteiger partial charge in [-0.2, -0.15) is 10.1 Å². The first-order chi connectivity index (χ1) is 10.1. The molecule has 2 unspecified atom stereocenters. The van der Waals surface area contributed by atoms with Crippen LogP contribution in [0.25, 0.3) is 0 Å². The SMILES string of the molecule is COC(=O)C1NCCC2=NN(c3ccccc3)C(=O)C21C. The lowest BCUT2D eigenvalue weighted by Crippen LogP contribution is -2.60. The van der Waals surface area contributed by atoms with Crippen molar-refractivity contribution in [2.45, 2.75) is 19.4 Å². The van der Waals surface area contributed by atoms with Crippen LogP contribution in [0.2, 0.25) is 0 Å². The first-order valence-corrected chi connectivity index (χ1v) is 6.88. The number of carbonyl (C=O) groups is 2. The number of hydrazone groups is 1. The number of fused-ring (bicyclic) bond motifs is 1. The number of hydrogen-bond acceptors (Lipinski definition) is 5. The number of nitrogens with one attached hydrogen (secondary N) is 1. The molecule has 2 aliphatic rings. The summed E-state index contributed by atoms with van der Waals surface area (Å²) in [5, 5.41) is 8.92. The van der Waals surface area contributed by atoms with Crippen molar-refractivity contribution in [2.24, 2.45) is 10.5 Å². The molecule has 1 aromatic rings. The Bertz CT molecular complexity index is 614. The third kappa shape index (κ3) is 1.94. The van der Waals surface area contributed by atoms with Crippen LogP contribution in [0.4, 0.5) is 5.69 Å². The van der Waals surface area contributed by atoms with Crippen LogP contribution in [-0.2, 0) is 14.3 Å². The van der Waals surface area contributed by atoms with Crippen molar-refractivity contribution in [3.05, 3.63) is 30.3 Å². The average molecular weight is 287 g/mol. The van der Waals surface area contributed by atoms with Crippen molar-refractivity contribution in [2.75, 3.05) is 18.7 Å². The van der Waals surface area contributed by atoms with Crippen LogP contribution in [0.15, 0.2) is 35.4 Å². The van der Waals surface area contributed by atoms with Gasteiger partial charge in [-0.15, -0.1) is 0 Å². The summed E-state index contributed by atoms with van der Waals surface area (Å²) < 4.78 is 4.83. The molecule has 1 aromatic carbocycles. The number of hydrogen-bond donors (Lipinski definition) is 1. The normalized spacial score (nSPS) is 28.1. The highest BCUT2D eigenvalue weighted by molar-refractivity contribution is 6.22. The third-order valence-electron chi connectivity index (χ3n) is 4.18. The van der Waals surface area contributed by atoms with Crippen LogP contribution >= 0.6 is 0 Å². The zero-order valence-electron chi connectivity index (χ0n) is 12.0. The maximum atomic E-state index is 12.9. The van der Waals surface area contributed by atoms with Crippen molar-refractivity contribution in [3.8, 4) is 0 Å². The van der Waals surface area contributed by atoms with Crippen LogP contribution < -0.4 is 10.3 Å². The van der Waals surface area contributed by atoms with Gasteiger partial charge in [-0.1, -0.05) is 18.2 Å². The van der Waals surface area contributed by atoms with Crippen LogP contribution in [0.3, 0.4) is 0 Å². The second-order valence-corrected chi connectivity index (χ2v) is 5.36. The summed E-state index contributed by atoms with van der Waals surface area (Å²) in [5.74, 6) is -0.639. The molecule has 0 bridgehead atoms. The third-order valence-corrected chi connectivity index (χ3v) is 4.18. The van der Waals surface area contributed by atoms with E-state index >= 15 is 0 Å². The number of para-hydroxylation sites is 1. The van der Waals surface area contributed by atoms with Gasteiger partial charge >= 0.3 is 5.97 Å². The second kappa shape index (κ2) is 4.96. The number of benzene rings is 1. The number of esters is 1. The molecule has 1 fully saturated rings. The predicted octanol–water partition coefficient (Wildman–Crippen LogP) is 0.930. The van der Waals surface area contributed by atoms with Gasteiger partial charge < -0.3 is 10.1 Å². The zero-order valence-corrected chi connectivity index (χ0v) is 12.0. The number of piperidine rings is 1. The number of ether oxygens (including phenoxy) is 1. The summed E-state index contributed by atoms with van der Waals surface area (Å²) in [5.41, 5.74) is 0.445. The summed E-state index contributed by atoms with van der Waals surface area (Å²) in [7, 11) is 1.33. The lowest BCUT2D eigenvalue weighted by Gasteiger charge is -2.35. The maximum Gasteiger partial charge on any atom is 0.324 e. The van der Waals surface area contributed by atoms with Gasteiger partial charge in [0, 0.05) is 13.0 Å². The van der Waals surface area contributed by atoms with E-state index in [1.54, 1.807) is 6.92 Å². The Morgan fingerprint density at radius 2 is 2.14 bits per heavy atom. The van der Waals surface area contributed by atoms with Gasteiger partial charge in [-0.25, -0.2) is 0 Å². The monoisotopic (exact) mass is 287 g/mol. The maximum absolute atomic E-state index is 12.9. The number of rotatable bonds is 2. The Morgan fingerprint density at radius 1 is 1.43 bits per heavy atom. The zero-order chi connectivity index (χ0) is 15.0. The minimum absolute atomic E-state index is 0.202. The van der Waals surface area contributed by atoms with Crippen molar-refractivity contribution in [1.82, 2.24) is 5.32 Å². The van der Waals surface area contributed by atoms with E-state index in [1.165, 1.54) is 12.1 Å². The molecule has 1 saturated heterocycles. The van der Waals surface area contributed by atoms with Crippen molar-refractivity contribution in [3.63, 3.8) is 0 Å². The van der Waals surface area contributed by atoms with Gasteiger partial charge in [0.25, 0.3) is 5.91 Å². The second-order valence-electron chi connectivity index (χ2n) is 5.36. The van der Waals surface area contributed by atoms with Gasteiger partial charge in [0.15, 0.2) is 0 Å². The molecule has 6 heteroatoms. The molecule has 0 spiro atoms. The fraction of sp³-hybridized carbons (Fsp3) is 0.400. The number of nitrogens with zero attached hydrogens (tertiary/aromatic N) is 2. The van der Waals surface area contributed by atoms with Gasteiger partial charge in [0.1, 0.15) is 11.5 Å². The fourth-order valence-electron chi connectivity index (χ4n) is 2.93. The molecule has 1 amide bonds. The van der Waals surface area contributed by atoms with E-state index in [-0.39, 0.29) is 5.91 Å². The van der Waals surface area contributed by atoms with Gasteiger partial charge in [-0.3, -0.25) is 9.59 Å². The molecular weight excluding hydrogens is 270 g/mol.